The minimum Gasteiger partial charge on any atom is -0.495 e. The molecule has 2 atom stereocenters. The van der Waals surface area contributed by atoms with Crippen LogP contribution in [0.1, 0.15) is 18.1 Å². The van der Waals surface area contributed by atoms with Gasteiger partial charge in [-0.1, -0.05) is 42.5 Å². The SMILES string of the molecule is COc1ccccc1N1CCC(NC(=O)C(OC)c2ccccc2)C1=O. The van der Waals surface area contributed by atoms with Gasteiger partial charge in [0.05, 0.1) is 12.8 Å². The summed E-state index contributed by atoms with van der Waals surface area (Å²) < 4.78 is 10.7. The zero-order valence-corrected chi connectivity index (χ0v) is 14.8. The molecule has 136 valence electrons. The maximum absolute atomic E-state index is 12.8. The van der Waals surface area contributed by atoms with E-state index >= 15 is 0 Å². The summed E-state index contributed by atoms with van der Waals surface area (Å²) in [6, 6.07) is 16.0. The van der Waals surface area contributed by atoms with Gasteiger partial charge in [-0.15, -0.1) is 0 Å². The number of methoxy groups -OCH3 is 2. The molecule has 0 radical (unpaired) electrons. The number of ether oxygens (including phenoxy) is 2. The Hall–Kier alpha value is -2.86. The van der Waals surface area contributed by atoms with E-state index in [2.05, 4.69) is 5.32 Å². The van der Waals surface area contributed by atoms with Crippen molar-refractivity contribution in [3.05, 3.63) is 60.2 Å². The summed E-state index contributed by atoms with van der Waals surface area (Å²) in [5.41, 5.74) is 1.46. The molecule has 2 aromatic carbocycles. The third-order valence-electron chi connectivity index (χ3n) is 4.47. The summed E-state index contributed by atoms with van der Waals surface area (Å²) in [5.74, 6) is 0.163. The van der Waals surface area contributed by atoms with Crippen LogP contribution in [0, 0.1) is 0 Å². The molecule has 6 heteroatoms. The first-order valence-electron chi connectivity index (χ1n) is 8.48. The molecule has 0 aromatic heterocycles. The van der Waals surface area contributed by atoms with Gasteiger partial charge < -0.3 is 19.7 Å². The highest BCUT2D eigenvalue weighted by Crippen LogP contribution is 2.31. The highest BCUT2D eigenvalue weighted by atomic mass is 16.5. The van der Waals surface area contributed by atoms with Crippen LogP contribution < -0.4 is 15.0 Å². The molecule has 0 spiro atoms. The molecule has 6 nitrogen and oxygen atoms in total. The molecule has 1 saturated heterocycles. The monoisotopic (exact) mass is 354 g/mol. The number of nitrogens with one attached hydrogen (secondary N) is 1. The molecule has 1 aliphatic heterocycles. The largest absolute Gasteiger partial charge is 0.495 e. The van der Waals surface area contributed by atoms with Crippen molar-refractivity contribution in [2.24, 2.45) is 0 Å². The van der Waals surface area contributed by atoms with Crippen molar-refractivity contribution in [1.29, 1.82) is 0 Å². The van der Waals surface area contributed by atoms with E-state index in [0.29, 0.717) is 24.4 Å². The zero-order chi connectivity index (χ0) is 18.5. The number of benzene rings is 2. The highest BCUT2D eigenvalue weighted by Gasteiger charge is 2.36. The fourth-order valence-electron chi connectivity index (χ4n) is 3.18. The molecule has 1 heterocycles. The van der Waals surface area contributed by atoms with Crippen LogP contribution in [0.5, 0.6) is 5.75 Å². The molecule has 2 unspecified atom stereocenters. The second kappa shape index (κ2) is 8.01. The normalized spacial score (nSPS) is 17.8. The second-order valence-electron chi connectivity index (χ2n) is 6.04. The predicted molar refractivity (Wildman–Crippen MR) is 98.1 cm³/mol. The Morgan fingerprint density at radius 2 is 1.81 bits per heavy atom. The van der Waals surface area contributed by atoms with Crippen LogP contribution in [0.4, 0.5) is 5.69 Å². The Balaban J connectivity index is 1.71. The number of hydrogen-bond donors (Lipinski definition) is 1. The van der Waals surface area contributed by atoms with Crippen LogP contribution in [-0.2, 0) is 14.3 Å². The number of carbonyl (C=O) groups excluding carboxylic acids is 2. The average Bonchev–Trinajstić information content (AvgIpc) is 3.03. The Morgan fingerprint density at radius 3 is 2.50 bits per heavy atom. The van der Waals surface area contributed by atoms with Gasteiger partial charge in [0.2, 0.25) is 5.91 Å². The summed E-state index contributed by atoms with van der Waals surface area (Å²) >= 11 is 0. The van der Waals surface area contributed by atoms with Gasteiger partial charge in [-0.3, -0.25) is 9.59 Å². The topological polar surface area (TPSA) is 67.9 Å². The minimum absolute atomic E-state index is 0.147. The van der Waals surface area contributed by atoms with Crippen molar-refractivity contribution in [2.75, 3.05) is 25.7 Å². The summed E-state index contributed by atoms with van der Waals surface area (Å²) in [6.45, 7) is 0.521. The first kappa shape index (κ1) is 17.9. The first-order valence-corrected chi connectivity index (χ1v) is 8.48. The number of carbonyl (C=O) groups is 2. The van der Waals surface area contributed by atoms with E-state index in [4.69, 9.17) is 9.47 Å². The maximum atomic E-state index is 12.8. The van der Waals surface area contributed by atoms with Crippen molar-refractivity contribution in [3.63, 3.8) is 0 Å². The fraction of sp³-hybridized carbons (Fsp3) is 0.300. The van der Waals surface area contributed by atoms with Crippen molar-refractivity contribution in [1.82, 2.24) is 5.32 Å². The molecule has 1 fully saturated rings. The van der Waals surface area contributed by atoms with Crippen LogP contribution in [-0.4, -0.2) is 38.6 Å². The highest BCUT2D eigenvalue weighted by molar-refractivity contribution is 6.02. The number of rotatable bonds is 6. The average molecular weight is 354 g/mol. The number of anilines is 1. The summed E-state index contributed by atoms with van der Waals surface area (Å²) in [5, 5.41) is 2.82. The molecular weight excluding hydrogens is 332 g/mol. The van der Waals surface area contributed by atoms with Gasteiger partial charge in [0.1, 0.15) is 11.8 Å². The van der Waals surface area contributed by atoms with Gasteiger partial charge in [0, 0.05) is 13.7 Å². The molecule has 0 aliphatic carbocycles. The molecule has 26 heavy (non-hydrogen) atoms. The van der Waals surface area contributed by atoms with E-state index in [1.54, 1.807) is 12.0 Å². The Labute approximate surface area is 152 Å². The smallest absolute Gasteiger partial charge is 0.254 e. The van der Waals surface area contributed by atoms with Crippen LogP contribution >= 0.6 is 0 Å². The van der Waals surface area contributed by atoms with Crippen molar-refractivity contribution >= 4 is 17.5 Å². The molecule has 0 bridgehead atoms. The third-order valence-corrected chi connectivity index (χ3v) is 4.47. The van der Waals surface area contributed by atoms with Gasteiger partial charge >= 0.3 is 0 Å². The number of para-hydroxylation sites is 2. The van der Waals surface area contributed by atoms with E-state index in [-0.39, 0.29) is 11.8 Å². The van der Waals surface area contributed by atoms with Gasteiger partial charge in [-0.25, -0.2) is 0 Å². The standard InChI is InChI=1S/C20H22N2O4/c1-25-17-11-7-6-10-16(17)22-13-12-15(20(22)24)21-19(23)18(26-2)14-8-4-3-5-9-14/h3-11,15,18H,12-13H2,1-2H3,(H,21,23). The zero-order valence-electron chi connectivity index (χ0n) is 14.8. The number of nitrogens with zero attached hydrogens (tertiary/aromatic N) is 1. The molecular formula is C20H22N2O4. The van der Waals surface area contributed by atoms with Crippen LogP contribution in [0.2, 0.25) is 0 Å². The summed E-state index contributed by atoms with van der Waals surface area (Å²) in [4.78, 5) is 27.0. The van der Waals surface area contributed by atoms with Crippen molar-refractivity contribution < 1.29 is 19.1 Å². The fourth-order valence-corrected chi connectivity index (χ4v) is 3.18. The van der Waals surface area contributed by atoms with Gasteiger partial charge in [0.15, 0.2) is 6.10 Å². The van der Waals surface area contributed by atoms with Crippen LogP contribution in [0.15, 0.2) is 54.6 Å². The van der Waals surface area contributed by atoms with Crippen LogP contribution in [0.3, 0.4) is 0 Å². The lowest BCUT2D eigenvalue weighted by atomic mass is 10.1. The Kier molecular flexibility index (Phi) is 5.53. The summed E-state index contributed by atoms with van der Waals surface area (Å²) in [7, 11) is 3.05. The molecule has 3 rings (SSSR count). The first-order chi connectivity index (χ1) is 12.7. The molecule has 1 N–H and O–H groups in total. The van der Waals surface area contributed by atoms with Gasteiger partial charge in [-0.2, -0.15) is 0 Å². The van der Waals surface area contributed by atoms with E-state index in [1.165, 1.54) is 7.11 Å². The van der Waals surface area contributed by atoms with Gasteiger partial charge in [0.25, 0.3) is 5.91 Å². The minimum atomic E-state index is -0.746. The van der Waals surface area contributed by atoms with E-state index in [9.17, 15) is 9.59 Å². The maximum Gasteiger partial charge on any atom is 0.254 e. The second-order valence-corrected chi connectivity index (χ2v) is 6.04. The third kappa shape index (κ3) is 3.55. The number of hydrogen-bond acceptors (Lipinski definition) is 4. The lowest BCUT2D eigenvalue weighted by Gasteiger charge is -2.21. The van der Waals surface area contributed by atoms with E-state index in [1.807, 2.05) is 54.6 Å². The molecule has 1 aliphatic rings. The lowest BCUT2D eigenvalue weighted by molar-refractivity contribution is -0.134. The molecule has 0 saturated carbocycles. The van der Waals surface area contributed by atoms with Crippen molar-refractivity contribution in [3.8, 4) is 5.75 Å². The summed E-state index contributed by atoms with van der Waals surface area (Å²) in [6.07, 6.45) is -0.210. The molecule has 2 amide bonds. The van der Waals surface area contributed by atoms with Crippen molar-refractivity contribution in [2.45, 2.75) is 18.6 Å². The Bertz CT molecular complexity index is 778. The Morgan fingerprint density at radius 1 is 1.12 bits per heavy atom. The number of amides is 2. The molecule has 2 aromatic rings. The lowest BCUT2D eigenvalue weighted by Crippen LogP contribution is -2.43. The van der Waals surface area contributed by atoms with Crippen LogP contribution in [0.25, 0.3) is 0 Å². The quantitative estimate of drug-likeness (QED) is 0.864. The van der Waals surface area contributed by atoms with Gasteiger partial charge in [-0.05, 0) is 24.1 Å². The van der Waals surface area contributed by atoms with E-state index in [0.717, 1.165) is 5.56 Å². The predicted octanol–water partition coefficient (Wildman–Crippen LogP) is 2.30. The van der Waals surface area contributed by atoms with E-state index < -0.39 is 12.1 Å².